The van der Waals surface area contributed by atoms with Crippen molar-refractivity contribution in [2.45, 2.75) is 70.8 Å². The van der Waals surface area contributed by atoms with Crippen molar-refractivity contribution >= 4 is 12.1 Å². The SMILES string of the molecule is COc1ccc(-n2nc(C3(O)CCC(OCOC(=O)[C@@H](NC(=O)OCc4ccccc4)C(C)C)CC3)cc2-c2ccc(C)cc2)cc1. The number of hydrogen-bond donors (Lipinski definition) is 2. The van der Waals surface area contributed by atoms with Crippen molar-refractivity contribution in [3.8, 4) is 22.7 Å². The third-order valence-electron chi connectivity index (χ3n) is 8.52. The first-order chi connectivity index (χ1) is 22.6. The van der Waals surface area contributed by atoms with Crippen molar-refractivity contribution in [3.05, 3.63) is 102 Å². The Labute approximate surface area is 275 Å². The van der Waals surface area contributed by atoms with E-state index in [0.717, 1.165) is 33.8 Å². The fourth-order valence-corrected chi connectivity index (χ4v) is 5.62. The van der Waals surface area contributed by atoms with Crippen LogP contribution in [0.3, 0.4) is 0 Å². The molecule has 4 aromatic rings. The number of aryl methyl sites for hydroxylation is 1. The van der Waals surface area contributed by atoms with Crippen LogP contribution in [0, 0.1) is 12.8 Å². The van der Waals surface area contributed by atoms with Gasteiger partial charge in [0.2, 0.25) is 0 Å². The number of carbonyl (C=O) groups is 2. The van der Waals surface area contributed by atoms with E-state index in [2.05, 4.69) is 29.6 Å². The Morgan fingerprint density at radius 2 is 1.66 bits per heavy atom. The van der Waals surface area contributed by atoms with Crippen molar-refractivity contribution in [1.29, 1.82) is 0 Å². The maximum Gasteiger partial charge on any atom is 0.408 e. The minimum Gasteiger partial charge on any atom is -0.497 e. The summed E-state index contributed by atoms with van der Waals surface area (Å²) in [5.41, 5.74) is 4.18. The van der Waals surface area contributed by atoms with Gasteiger partial charge in [-0.05, 0) is 74.4 Å². The first-order valence-electron chi connectivity index (χ1n) is 15.9. The molecular formula is C37H43N3O7. The summed E-state index contributed by atoms with van der Waals surface area (Å²) in [4.78, 5) is 25.2. The molecule has 47 heavy (non-hydrogen) atoms. The minimum atomic E-state index is -1.14. The standard InChI is InChI=1S/C37H43N3O7/c1-25(2)34(38-36(42)45-23-27-8-6-5-7-9-27)35(41)47-24-46-31-18-20-37(43,21-19-31)33-22-32(28-12-10-26(3)11-13-28)40(39-33)29-14-16-30(44-4)17-15-29/h5-17,22,25,31,34,43H,18-21,23-24H2,1-4H3,(H,38,42)/t31?,34-,37?/m0/s1. The lowest BCUT2D eigenvalue weighted by molar-refractivity contribution is -0.168. The zero-order chi connectivity index (χ0) is 33.4. The number of benzene rings is 3. The largest absolute Gasteiger partial charge is 0.497 e. The highest BCUT2D eigenvalue weighted by Gasteiger charge is 2.38. The molecule has 1 aliphatic rings. The van der Waals surface area contributed by atoms with Crippen molar-refractivity contribution in [2.75, 3.05) is 13.9 Å². The predicted octanol–water partition coefficient (Wildman–Crippen LogP) is 6.45. The Kier molecular flexibility index (Phi) is 11.0. The van der Waals surface area contributed by atoms with Gasteiger partial charge in [0.05, 0.1) is 30.3 Å². The molecule has 1 aliphatic carbocycles. The smallest absolute Gasteiger partial charge is 0.408 e. The van der Waals surface area contributed by atoms with E-state index >= 15 is 0 Å². The summed E-state index contributed by atoms with van der Waals surface area (Å²) in [6.45, 7) is 5.51. The zero-order valence-corrected chi connectivity index (χ0v) is 27.3. The van der Waals surface area contributed by atoms with E-state index in [4.69, 9.17) is 24.0 Å². The van der Waals surface area contributed by atoms with Crippen LogP contribution < -0.4 is 10.1 Å². The van der Waals surface area contributed by atoms with Crippen LogP contribution in [0.1, 0.15) is 56.4 Å². The van der Waals surface area contributed by atoms with Crippen LogP contribution in [0.25, 0.3) is 16.9 Å². The third-order valence-corrected chi connectivity index (χ3v) is 8.52. The van der Waals surface area contributed by atoms with Gasteiger partial charge in [-0.3, -0.25) is 0 Å². The van der Waals surface area contributed by atoms with E-state index in [-0.39, 0.29) is 25.4 Å². The molecule has 0 spiro atoms. The summed E-state index contributed by atoms with van der Waals surface area (Å²) in [5.74, 6) is -0.0753. The maximum atomic E-state index is 12.8. The molecule has 10 nitrogen and oxygen atoms in total. The number of rotatable bonds is 12. The average molecular weight is 642 g/mol. The summed E-state index contributed by atoms with van der Waals surface area (Å²) in [6.07, 6.45) is 1.08. The second-order valence-corrected chi connectivity index (χ2v) is 12.3. The van der Waals surface area contributed by atoms with Gasteiger partial charge in [-0.15, -0.1) is 0 Å². The van der Waals surface area contributed by atoms with Gasteiger partial charge in [0.1, 0.15) is 24.0 Å². The molecular weight excluding hydrogens is 598 g/mol. The first kappa shape index (κ1) is 33.7. The summed E-state index contributed by atoms with van der Waals surface area (Å²) in [6, 6.07) is 26.2. The minimum absolute atomic E-state index is 0.0959. The Hall–Kier alpha value is -4.67. The summed E-state index contributed by atoms with van der Waals surface area (Å²) >= 11 is 0. The van der Waals surface area contributed by atoms with Crippen LogP contribution in [0.15, 0.2) is 84.9 Å². The number of ether oxygens (including phenoxy) is 4. The monoisotopic (exact) mass is 641 g/mol. The third kappa shape index (κ3) is 8.58. The number of hydrogen-bond acceptors (Lipinski definition) is 8. The molecule has 1 amide bonds. The molecule has 1 aromatic heterocycles. The summed E-state index contributed by atoms with van der Waals surface area (Å²) in [5, 5.41) is 19.3. The lowest BCUT2D eigenvalue weighted by Gasteiger charge is -2.34. The molecule has 0 aliphatic heterocycles. The Bertz CT molecular complexity index is 1610. The predicted molar refractivity (Wildman–Crippen MR) is 177 cm³/mol. The van der Waals surface area contributed by atoms with Gasteiger partial charge < -0.3 is 29.4 Å². The first-order valence-corrected chi connectivity index (χ1v) is 15.9. The van der Waals surface area contributed by atoms with Crippen LogP contribution in [0.2, 0.25) is 0 Å². The van der Waals surface area contributed by atoms with E-state index in [1.807, 2.05) is 86.1 Å². The topological polar surface area (TPSA) is 121 Å². The number of nitrogens with zero attached hydrogens (tertiary/aromatic N) is 2. The molecule has 1 atom stereocenters. The molecule has 2 N–H and O–H groups in total. The van der Waals surface area contributed by atoms with Gasteiger partial charge in [-0.1, -0.05) is 74.0 Å². The molecule has 10 heteroatoms. The molecule has 1 fully saturated rings. The second kappa shape index (κ2) is 15.3. The molecule has 3 aromatic carbocycles. The van der Waals surface area contributed by atoms with Crippen LogP contribution in [0.4, 0.5) is 4.79 Å². The second-order valence-electron chi connectivity index (χ2n) is 12.3. The van der Waals surface area contributed by atoms with Gasteiger partial charge >= 0.3 is 12.1 Å². The number of nitrogens with one attached hydrogen (secondary N) is 1. The fourth-order valence-electron chi connectivity index (χ4n) is 5.62. The number of alkyl carbamates (subject to hydrolysis) is 1. The number of aromatic nitrogens is 2. The molecule has 0 bridgehead atoms. The number of amides is 1. The molecule has 5 rings (SSSR count). The van der Waals surface area contributed by atoms with Crippen molar-refractivity contribution in [2.24, 2.45) is 5.92 Å². The Balaban J connectivity index is 1.17. The Morgan fingerprint density at radius 3 is 2.30 bits per heavy atom. The van der Waals surface area contributed by atoms with E-state index in [0.29, 0.717) is 31.4 Å². The van der Waals surface area contributed by atoms with Crippen LogP contribution in [-0.2, 0) is 31.2 Å². The summed E-state index contributed by atoms with van der Waals surface area (Å²) < 4.78 is 23.7. The highest BCUT2D eigenvalue weighted by molar-refractivity contribution is 5.81. The lowest BCUT2D eigenvalue weighted by atomic mass is 9.81. The zero-order valence-electron chi connectivity index (χ0n) is 27.3. The molecule has 248 valence electrons. The molecule has 1 saturated carbocycles. The maximum absolute atomic E-state index is 12.8. The van der Waals surface area contributed by atoms with Gasteiger partial charge in [0.25, 0.3) is 0 Å². The average Bonchev–Trinajstić information content (AvgIpc) is 3.54. The molecule has 0 unspecified atom stereocenters. The van der Waals surface area contributed by atoms with Crippen molar-refractivity contribution in [1.82, 2.24) is 15.1 Å². The van der Waals surface area contributed by atoms with Crippen molar-refractivity contribution in [3.63, 3.8) is 0 Å². The number of esters is 1. The number of carbonyl (C=O) groups excluding carboxylic acids is 2. The fraction of sp³-hybridized carbons (Fsp3) is 0.378. The normalized spacial score (nSPS) is 18.4. The van der Waals surface area contributed by atoms with Crippen molar-refractivity contribution < 1.29 is 33.6 Å². The van der Waals surface area contributed by atoms with Gasteiger partial charge in [0, 0.05) is 5.56 Å². The van der Waals surface area contributed by atoms with E-state index in [1.165, 1.54) is 0 Å². The number of aliphatic hydroxyl groups is 1. The lowest BCUT2D eigenvalue weighted by Crippen LogP contribution is -2.45. The Morgan fingerprint density at radius 1 is 0.979 bits per heavy atom. The van der Waals surface area contributed by atoms with Gasteiger partial charge in [-0.25, -0.2) is 14.3 Å². The van der Waals surface area contributed by atoms with Crippen LogP contribution in [-0.4, -0.2) is 53.0 Å². The quantitative estimate of drug-likeness (QED) is 0.134. The van der Waals surface area contributed by atoms with Crippen LogP contribution in [0.5, 0.6) is 5.75 Å². The van der Waals surface area contributed by atoms with Crippen LogP contribution >= 0.6 is 0 Å². The van der Waals surface area contributed by atoms with Gasteiger partial charge in [-0.2, -0.15) is 5.10 Å². The highest BCUT2D eigenvalue weighted by atomic mass is 16.7. The van der Waals surface area contributed by atoms with E-state index in [1.54, 1.807) is 7.11 Å². The molecule has 0 saturated heterocycles. The highest BCUT2D eigenvalue weighted by Crippen LogP contribution is 2.39. The number of methoxy groups -OCH3 is 1. The molecule has 1 heterocycles. The van der Waals surface area contributed by atoms with E-state index in [9.17, 15) is 14.7 Å². The summed E-state index contributed by atoms with van der Waals surface area (Å²) in [7, 11) is 1.63. The molecule has 0 radical (unpaired) electrons. The van der Waals surface area contributed by atoms with Gasteiger partial charge in [0.15, 0.2) is 6.79 Å². The van der Waals surface area contributed by atoms with E-state index < -0.39 is 23.7 Å².